The van der Waals surface area contributed by atoms with E-state index in [1.807, 2.05) is 57.2 Å². The third kappa shape index (κ3) is 7.77. The number of methoxy groups -OCH3 is 1. The van der Waals surface area contributed by atoms with Gasteiger partial charge < -0.3 is 29.3 Å². The van der Waals surface area contributed by atoms with Crippen LogP contribution in [0.4, 0.5) is 0 Å². The van der Waals surface area contributed by atoms with Crippen molar-refractivity contribution in [2.45, 2.75) is 109 Å². The lowest BCUT2D eigenvalue weighted by molar-refractivity contribution is -0.199. The number of Topliss-reactive ketones (excluding diaryl/α,β-unsaturated/α-hetero) is 1. The van der Waals surface area contributed by atoms with Crippen molar-refractivity contribution in [1.29, 1.82) is 0 Å². The van der Waals surface area contributed by atoms with Gasteiger partial charge in [0.2, 0.25) is 0 Å². The van der Waals surface area contributed by atoms with Gasteiger partial charge in [-0.2, -0.15) is 4.37 Å². The SMILES string of the molecule is COc1c(C[C@H](CC(=O)C(N)c2nsc(CC(=O)OCc3ccccc3)n2)B2O[C@@H]3C[C@@H]4C[C@@H](C4(C)C)[C@]3(C)O2)cccc1C(=O)OC(C)(C)C. The number of carbonyl (C=O) groups is 3. The Hall–Kier alpha value is -3.65. The summed E-state index contributed by atoms with van der Waals surface area (Å²) in [5.74, 6) is -0.300. The Morgan fingerprint density at radius 3 is 2.51 bits per heavy atom. The highest BCUT2D eigenvalue weighted by Crippen LogP contribution is 2.66. The number of esters is 2. The van der Waals surface area contributed by atoms with Crippen LogP contribution < -0.4 is 10.5 Å². The van der Waals surface area contributed by atoms with Crippen molar-refractivity contribution >= 4 is 36.4 Å². The summed E-state index contributed by atoms with van der Waals surface area (Å²) >= 11 is 1.02. The number of rotatable bonds is 13. The Morgan fingerprint density at radius 1 is 1.08 bits per heavy atom. The first-order chi connectivity index (χ1) is 24.1. The molecule has 11 nitrogen and oxygen atoms in total. The van der Waals surface area contributed by atoms with Crippen molar-refractivity contribution in [3.05, 3.63) is 76.1 Å². The van der Waals surface area contributed by atoms with E-state index in [4.69, 9.17) is 29.3 Å². The molecule has 0 radical (unpaired) electrons. The molecule has 1 aliphatic heterocycles. The minimum absolute atomic E-state index is 0.000399. The minimum Gasteiger partial charge on any atom is -0.496 e. The molecule has 1 aromatic heterocycles. The lowest BCUT2D eigenvalue weighted by Gasteiger charge is -2.64. The van der Waals surface area contributed by atoms with E-state index >= 15 is 0 Å². The molecule has 1 unspecified atom stereocenters. The van der Waals surface area contributed by atoms with E-state index in [-0.39, 0.29) is 42.6 Å². The molecule has 272 valence electrons. The highest BCUT2D eigenvalue weighted by atomic mass is 32.1. The third-order valence-corrected chi connectivity index (χ3v) is 11.6. The van der Waals surface area contributed by atoms with Crippen molar-refractivity contribution in [3.8, 4) is 5.75 Å². The molecule has 0 amide bonds. The molecule has 51 heavy (non-hydrogen) atoms. The smallest absolute Gasteiger partial charge is 0.461 e. The van der Waals surface area contributed by atoms with Gasteiger partial charge in [0.25, 0.3) is 0 Å². The fraction of sp³-hybridized carbons (Fsp3) is 0.553. The summed E-state index contributed by atoms with van der Waals surface area (Å²) in [6.45, 7) is 12.3. The van der Waals surface area contributed by atoms with Crippen LogP contribution in [0.15, 0.2) is 48.5 Å². The van der Waals surface area contributed by atoms with E-state index in [0.29, 0.717) is 40.1 Å². The lowest BCUT2D eigenvalue weighted by Crippen LogP contribution is -2.65. The first-order valence-electron chi connectivity index (χ1n) is 17.6. The summed E-state index contributed by atoms with van der Waals surface area (Å²) in [4.78, 5) is 44.1. The van der Waals surface area contributed by atoms with Crippen LogP contribution in [-0.4, -0.2) is 58.6 Å². The zero-order valence-corrected chi connectivity index (χ0v) is 31.3. The predicted molar refractivity (Wildman–Crippen MR) is 192 cm³/mol. The van der Waals surface area contributed by atoms with Crippen LogP contribution in [0.1, 0.15) is 99.2 Å². The number of hydrogen-bond acceptors (Lipinski definition) is 12. The van der Waals surface area contributed by atoms with Crippen LogP contribution in [0, 0.1) is 17.3 Å². The topological polar surface area (TPSA) is 149 Å². The van der Waals surface area contributed by atoms with E-state index < -0.39 is 42.1 Å². The Balaban J connectivity index is 1.20. The first-order valence-corrected chi connectivity index (χ1v) is 18.4. The van der Waals surface area contributed by atoms with E-state index in [1.54, 1.807) is 12.1 Å². The fourth-order valence-electron chi connectivity index (χ4n) is 8.04. The number of benzene rings is 2. The molecule has 4 aliphatic rings. The van der Waals surface area contributed by atoms with Gasteiger partial charge in [0.1, 0.15) is 34.6 Å². The van der Waals surface area contributed by atoms with Gasteiger partial charge in [0.15, 0.2) is 11.6 Å². The zero-order chi connectivity index (χ0) is 36.7. The number of ether oxygens (including phenoxy) is 3. The molecule has 1 saturated heterocycles. The standard InChI is InChI=1S/C38H48BN3O8S/c1-36(2,3)48-35(45)26-15-11-14-23(33(26)46-7)16-25(39-49-29-18-24-17-28(37(24,4)5)38(29,6)50-39)19-27(43)32(40)34-41-30(51-42-34)20-31(44)47-21-22-12-9-8-10-13-22/h8-15,24-25,28-29,32H,16-21,40H2,1-7H3/t24-,25+,28-,29+,32?,38-/m0/s1. The maximum atomic E-state index is 13.9. The maximum absolute atomic E-state index is 13.9. The second-order valence-corrected chi connectivity index (χ2v) is 16.7. The van der Waals surface area contributed by atoms with Gasteiger partial charge in [0.05, 0.1) is 25.2 Å². The normalized spacial score (nSPS) is 24.5. The Kier molecular flexibility index (Phi) is 10.5. The van der Waals surface area contributed by atoms with Crippen molar-refractivity contribution < 1.29 is 37.9 Å². The number of nitrogens with zero attached hydrogens (tertiary/aromatic N) is 2. The number of aromatic nitrogens is 2. The van der Waals surface area contributed by atoms with Crippen LogP contribution in [0.2, 0.25) is 5.82 Å². The van der Waals surface area contributed by atoms with Gasteiger partial charge in [-0.15, -0.1) is 0 Å². The Bertz CT molecular complexity index is 1760. The molecule has 6 atom stereocenters. The molecule has 2 N–H and O–H groups in total. The number of carbonyl (C=O) groups excluding carboxylic acids is 3. The molecular formula is C38H48BN3O8S. The van der Waals surface area contributed by atoms with E-state index in [1.165, 1.54) is 7.11 Å². The Morgan fingerprint density at radius 2 is 1.82 bits per heavy atom. The third-order valence-electron chi connectivity index (χ3n) is 10.9. The van der Waals surface area contributed by atoms with Gasteiger partial charge in [-0.05, 0) is 92.9 Å². The predicted octanol–water partition coefficient (Wildman–Crippen LogP) is 6.09. The lowest BCUT2D eigenvalue weighted by atomic mass is 9.43. The first kappa shape index (κ1) is 37.1. The van der Waals surface area contributed by atoms with Crippen LogP contribution in [0.5, 0.6) is 5.75 Å². The zero-order valence-electron chi connectivity index (χ0n) is 30.5. The molecular weight excluding hydrogens is 669 g/mol. The van der Waals surface area contributed by atoms with Crippen molar-refractivity contribution in [3.63, 3.8) is 0 Å². The van der Waals surface area contributed by atoms with Crippen molar-refractivity contribution in [2.24, 2.45) is 23.0 Å². The summed E-state index contributed by atoms with van der Waals surface area (Å²) in [6, 6.07) is 13.6. The largest absolute Gasteiger partial charge is 0.496 e. The summed E-state index contributed by atoms with van der Waals surface area (Å²) in [6.07, 6.45) is 2.13. The summed E-state index contributed by atoms with van der Waals surface area (Å²) < 4.78 is 34.7. The van der Waals surface area contributed by atoms with Gasteiger partial charge >= 0.3 is 19.1 Å². The average molecular weight is 718 g/mol. The molecule has 13 heteroatoms. The number of para-hydroxylation sites is 1. The number of nitrogens with two attached hydrogens (primary N) is 1. The van der Waals surface area contributed by atoms with Gasteiger partial charge in [-0.3, -0.25) is 9.59 Å². The summed E-state index contributed by atoms with van der Waals surface area (Å²) in [7, 11) is 0.818. The number of hydrogen-bond donors (Lipinski definition) is 1. The number of ketones is 1. The minimum atomic E-state index is -1.13. The van der Waals surface area contributed by atoms with Crippen molar-refractivity contribution in [1.82, 2.24) is 9.36 Å². The van der Waals surface area contributed by atoms with Crippen LogP contribution in [0.25, 0.3) is 0 Å². The monoisotopic (exact) mass is 717 g/mol. The summed E-state index contributed by atoms with van der Waals surface area (Å²) in [5.41, 5.74) is 7.34. The van der Waals surface area contributed by atoms with Gasteiger partial charge in [-0.25, -0.2) is 9.78 Å². The van der Waals surface area contributed by atoms with Crippen LogP contribution >= 0.6 is 11.5 Å². The Labute approximate surface area is 304 Å². The highest BCUT2D eigenvalue weighted by molar-refractivity contribution is 7.05. The van der Waals surface area contributed by atoms with E-state index in [2.05, 4.69) is 30.1 Å². The van der Waals surface area contributed by atoms with Crippen molar-refractivity contribution in [2.75, 3.05) is 7.11 Å². The van der Waals surface area contributed by atoms with E-state index in [0.717, 1.165) is 29.9 Å². The van der Waals surface area contributed by atoms with Gasteiger partial charge in [0, 0.05) is 12.2 Å². The second kappa shape index (κ2) is 14.4. The summed E-state index contributed by atoms with van der Waals surface area (Å²) in [5, 5.41) is 0.410. The molecule has 3 aliphatic carbocycles. The maximum Gasteiger partial charge on any atom is 0.461 e. The fourth-order valence-corrected chi connectivity index (χ4v) is 8.71. The molecule has 2 bridgehead atoms. The molecule has 7 rings (SSSR count). The molecule has 2 heterocycles. The molecule has 3 aromatic rings. The van der Waals surface area contributed by atoms with Crippen LogP contribution in [-0.2, 0) is 47.8 Å². The molecule has 4 fully saturated rings. The average Bonchev–Trinajstić information content (AvgIpc) is 3.70. The quantitative estimate of drug-likeness (QED) is 0.162. The highest BCUT2D eigenvalue weighted by Gasteiger charge is 2.68. The molecule has 3 saturated carbocycles. The van der Waals surface area contributed by atoms with Gasteiger partial charge in [-0.1, -0.05) is 56.3 Å². The van der Waals surface area contributed by atoms with Crippen LogP contribution in [0.3, 0.4) is 0 Å². The second-order valence-electron chi connectivity index (χ2n) is 15.8. The van der Waals surface area contributed by atoms with E-state index in [9.17, 15) is 14.4 Å². The molecule has 0 spiro atoms. The molecule has 2 aromatic carbocycles.